The summed E-state index contributed by atoms with van der Waals surface area (Å²) in [4.78, 5) is 20.5. The molecule has 8 nitrogen and oxygen atoms in total. The fraction of sp³-hybridized carbons (Fsp3) is 0.647. The van der Waals surface area contributed by atoms with Gasteiger partial charge in [-0.2, -0.15) is 4.37 Å². The normalized spacial score (nSPS) is 14.6. The second kappa shape index (κ2) is 11.6. The highest BCUT2D eigenvalue weighted by Crippen LogP contribution is 2.30. The van der Waals surface area contributed by atoms with Gasteiger partial charge in [-0.05, 0) is 32.4 Å². The summed E-state index contributed by atoms with van der Waals surface area (Å²) in [5, 5.41) is 14.8. The molecule has 0 unspecified atom stereocenters. The number of unbranched alkanes of at least 4 members (excludes halogenated alkanes) is 3. The quantitative estimate of drug-likeness (QED) is 0.544. The molecule has 1 aliphatic heterocycles. The van der Waals surface area contributed by atoms with Gasteiger partial charge in [-0.3, -0.25) is 0 Å². The standard InChI is InChI=1S/C15H25N3OS.C2H2O4/c1-4-5-6-7-10-19-15-14(16-20-17-15)13-11-18(3)9-8-12(13)2;3-1(4)2(5)6/h4-11H2,1-3H3;(H,3,4)(H,5,6). The Morgan fingerprint density at radius 1 is 1.19 bits per heavy atom. The van der Waals surface area contributed by atoms with Gasteiger partial charge in [0.25, 0.3) is 5.88 Å². The van der Waals surface area contributed by atoms with Gasteiger partial charge in [0.15, 0.2) is 0 Å². The van der Waals surface area contributed by atoms with E-state index in [1.807, 2.05) is 0 Å². The average Bonchev–Trinajstić information content (AvgIpc) is 3.05. The zero-order chi connectivity index (χ0) is 19.5. The molecule has 0 saturated heterocycles. The minimum atomic E-state index is -1.82. The number of hydrogen-bond donors (Lipinski definition) is 2. The number of carboxylic acids is 2. The maximum atomic E-state index is 9.10. The van der Waals surface area contributed by atoms with E-state index in [-0.39, 0.29) is 0 Å². The Hall–Kier alpha value is -2.00. The molecule has 0 atom stereocenters. The zero-order valence-corrected chi connectivity index (χ0v) is 16.3. The molecule has 1 aromatic heterocycles. The van der Waals surface area contributed by atoms with Gasteiger partial charge >= 0.3 is 11.9 Å². The van der Waals surface area contributed by atoms with Crippen molar-refractivity contribution >= 4 is 29.2 Å². The molecule has 26 heavy (non-hydrogen) atoms. The first-order valence-electron chi connectivity index (χ1n) is 8.65. The van der Waals surface area contributed by atoms with E-state index >= 15 is 0 Å². The van der Waals surface area contributed by atoms with Crippen molar-refractivity contribution in [3.8, 4) is 5.88 Å². The van der Waals surface area contributed by atoms with Crippen molar-refractivity contribution in [3.05, 3.63) is 11.3 Å². The molecular weight excluding hydrogens is 358 g/mol. The molecule has 0 amide bonds. The van der Waals surface area contributed by atoms with Crippen LogP contribution in [0.2, 0.25) is 0 Å². The molecule has 0 aromatic carbocycles. The lowest BCUT2D eigenvalue weighted by Gasteiger charge is -2.25. The van der Waals surface area contributed by atoms with Crippen LogP contribution in [0.5, 0.6) is 5.88 Å². The second-order valence-corrected chi connectivity index (χ2v) is 6.71. The first-order chi connectivity index (χ1) is 12.4. The summed E-state index contributed by atoms with van der Waals surface area (Å²) in [5.41, 5.74) is 3.69. The lowest BCUT2D eigenvalue weighted by Crippen LogP contribution is -2.27. The van der Waals surface area contributed by atoms with Crippen molar-refractivity contribution in [2.24, 2.45) is 0 Å². The van der Waals surface area contributed by atoms with Crippen LogP contribution in [0.15, 0.2) is 5.57 Å². The Bertz CT molecular complexity index is 618. The van der Waals surface area contributed by atoms with Gasteiger partial charge in [0.1, 0.15) is 5.69 Å². The number of aliphatic carboxylic acids is 2. The molecule has 0 saturated carbocycles. The predicted molar refractivity (Wildman–Crippen MR) is 99.5 cm³/mol. The summed E-state index contributed by atoms with van der Waals surface area (Å²) in [6, 6.07) is 0. The molecule has 2 N–H and O–H groups in total. The maximum absolute atomic E-state index is 9.10. The fourth-order valence-corrected chi connectivity index (χ4v) is 2.95. The molecule has 0 fully saturated rings. The fourth-order valence-electron chi connectivity index (χ4n) is 2.43. The lowest BCUT2D eigenvalue weighted by molar-refractivity contribution is -0.159. The number of carbonyl (C=O) groups is 2. The van der Waals surface area contributed by atoms with Crippen molar-refractivity contribution in [2.45, 2.75) is 46.0 Å². The third-order valence-electron chi connectivity index (χ3n) is 3.98. The molecule has 0 bridgehead atoms. The van der Waals surface area contributed by atoms with Crippen molar-refractivity contribution in [1.82, 2.24) is 13.6 Å². The van der Waals surface area contributed by atoms with Crippen molar-refractivity contribution in [3.63, 3.8) is 0 Å². The van der Waals surface area contributed by atoms with E-state index in [2.05, 4.69) is 34.5 Å². The summed E-state index contributed by atoms with van der Waals surface area (Å²) in [6.45, 7) is 7.25. The summed E-state index contributed by atoms with van der Waals surface area (Å²) < 4.78 is 14.6. The van der Waals surface area contributed by atoms with Crippen LogP contribution in [-0.2, 0) is 9.59 Å². The molecule has 146 valence electrons. The number of carboxylic acid groups (broad SMARTS) is 2. The third kappa shape index (κ3) is 7.49. The first-order valence-corrected chi connectivity index (χ1v) is 9.38. The van der Waals surface area contributed by atoms with Crippen LogP contribution in [0, 0.1) is 0 Å². The topological polar surface area (TPSA) is 113 Å². The highest BCUT2D eigenvalue weighted by atomic mass is 32.1. The largest absolute Gasteiger partial charge is 0.475 e. The lowest BCUT2D eigenvalue weighted by atomic mass is 9.99. The SMILES string of the molecule is CCCCCCOc1nsnc1C1=C(C)CCN(C)C1.O=C(O)C(=O)O. The van der Waals surface area contributed by atoms with E-state index < -0.39 is 11.9 Å². The van der Waals surface area contributed by atoms with E-state index in [1.54, 1.807) is 0 Å². The van der Waals surface area contributed by atoms with Gasteiger partial charge in [0, 0.05) is 13.1 Å². The number of likely N-dealkylation sites (N-methyl/N-ethyl adjacent to an activating group) is 1. The molecule has 0 aliphatic carbocycles. The summed E-state index contributed by atoms with van der Waals surface area (Å²) in [6.07, 6.45) is 5.97. The molecule has 0 spiro atoms. The number of rotatable bonds is 7. The Kier molecular flexibility index (Phi) is 9.82. The Balaban J connectivity index is 0.000000487. The summed E-state index contributed by atoms with van der Waals surface area (Å²) in [7, 11) is 2.15. The van der Waals surface area contributed by atoms with Crippen LogP contribution in [-0.4, -0.2) is 62.5 Å². The maximum Gasteiger partial charge on any atom is 0.414 e. The van der Waals surface area contributed by atoms with E-state index in [9.17, 15) is 0 Å². The highest BCUT2D eigenvalue weighted by molar-refractivity contribution is 6.99. The third-order valence-corrected chi connectivity index (χ3v) is 4.49. The minimum absolute atomic E-state index is 0.733. The van der Waals surface area contributed by atoms with Crippen molar-refractivity contribution in [2.75, 3.05) is 26.7 Å². The zero-order valence-electron chi connectivity index (χ0n) is 15.5. The van der Waals surface area contributed by atoms with Crippen LogP contribution in [0.25, 0.3) is 5.57 Å². The average molecular weight is 385 g/mol. The van der Waals surface area contributed by atoms with Crippen molar-refractivity contribution in [1.29, 1.82) is 0 Å². The highest BCUT2D eigenvalue weighted by Gasteiger charge is 2.21. The van der Waals surface area contributed by atoms with E-state index in [0.717, 1.165) is 44.1 Å². The number of aromatic nitrogens is 2. The monoisotopic (exact) mass is 385 g/mol. The molecule has 1 aromatic rings. The Morgan fingerprint density at radius 2 is 1.88 bits per heavy atom. The molecule has 0 radical (unpaired) electrons. The number of hydrogen-bond acceptors (Lipinski definition) is 7. The van der Waals surface area contributed by atoms with Crippen LogP contribution >= 0.6 is 11.7 Å². The van der Waals surface area contributed by atoms with Gasteiger partial charge in [-0.15, -0.1) is 4.37 Å². The van der Waals surface area contributed by atoms with Crippen LogP contribution in [0.4, 0.5) is 0 Å². The van der Waals surface area contributed by atoms with Gasteiger partial charge in [-0.1, -0.05) is 31.8 Å². The molecule has 2 heterocycles. The van der Waals surface area contributed by atoms with Gasteiger partial charge < -0.3 is 19.8 Å². The predicted octanol–water partition coefficient (Wildman–Crippen LogP) is 2.76. The molecule has 9 heteroatoms. The second-order valence-electron chi connectivity index (χ2n) is 6.18. The van der Waals surface area contributed by atoms with Gasteiger partial charge in [-0.25, -0.2) is 9.59 Å². The smallest absolute Gasteiger partial charge is 0.414 e. The Labute approximate surface area is 157 Å². The van der Waals surface area contributed by atoms with Crippen molar-refractivity contribution < 1.29 is 24.5 Å². The number of ether oxygens (including phenoxy) is 1. The summed E-state index contributed by atoms with van der Waals surface area (Å²) in [5.74, 6) is -2.92. The van der Waals surface area contributed by atoms with E-state index in [4.69, 9.17) is 24.5 Å². The Morgan fingerprint density at radius 3 is 2.50 bits per heavy atom. The van der Waals surface area contributed by atoms with Crippen LogP contribution in [0.1, 0.15) is 51.6 Å². The minimum Gasteiger partial charge on any atom is -0.475 e. The molecule has 2 rings (SSSR count). The first kappa shape index (κ1) is 22.0. The van der Waals surface area contributed by atoms with E-state index in [0.29, 0.717) is 0 Å². The van der Waals surface area contributed by atoms with Gasteiger partial charge in [0.05, 0.1) is 18.3 Å². The van der Waals surface area contributed by atoms with Crippen LogP contribution in [0.3, 0.4) is 0 Å². The van der Waals surface area contributed by atoms with Gasteiger partial charge in [0.2, 0.25) is 0 Å². The van der Waals surface area contributed by atoms with E-state index in [1.165, 1.54) is 42.1 Å². The molecule has 1 aliphatic rings. The van der Waals surface area contributed by atoms with Crippen LogP contribution < -0.4 is 4.74 Å². The molecular formula is C17H27N3O5S. The number of nitrogens with zero attached hydrogens (tertiary/aromatic N) is 3. The summed E-state index contributed by atoms with van der Waals surface area (Å²) >= 11 is 1.25.